The number of benzene rings is 1. The lowest BCUT2D eigenvalue weighted by atomic mass is 9.33. The van der Waals surface area contributed by atoms with Crippen LogP contribution in [0.1, 0.15) is 111 Å². The number of Topliss-reactive ketones (excluding diaryl/α,β-unsaturated/α-hetero) is 1. The molecular formula is C39H52O7. The van der Waals surface area contributed by atoms with Gasteiger partial charge in [-0.15, -0.1) is 0 Å². The van der Waals surface area contributed by atoms with Crippen LogP contribution in [-0.2, 0) is 19.1 Å². The van der Waals surface area contributed by atoms with E-state index in [2.05, 4.69) is 47.6 Å². The fourth-order valence-corrected chi connectivity index (χ4v) is 11.6. The molecule has 0 aromatic heterocycles. The van der Waals surface area contributed by atoms with Crippen molar-refractivity contribution in [3.63, 3.8) is 0 Å². The van der Waals surface area contributed by atoms with Crippen molar-refractivity contribution in [2.24, 2.45) is 50.2 Å². The molecule has 5 aliphatic rings. The quantitative estimate of drug-likeness (QED) is 0.130. The molecule has 4 saturated carbocycles. The number of ketones is 1. The number of phenols is 2. The molecule has 3 N–H and O–H groups in total. The summed E-state index contributed by atoms with van der Waals surface area (Å²) in [6, 6.07) is 4.37. The standard InChI is InChI=1S/C39H52O7/c1-34(2)17-18-38(33(44)45)19-20-39(23-46-32(43)12-8-24-7-10-27(40)28(41)21-24)25(26(38)22-34)9-11-30-36(5)15-14-31(42)35(3,4)29(36)13-16-37(30,39)6/h7-10,12,21,26,29-30,40-41H,11,13-20,22-23H2,1-6H3,(H,44,45)/b12-8+/t26-,29-,30?,36?,37?,38-,39-/m0/s1. The number of carboxylic acids is 1. The van der Waals surface area contributed by atoms with Crippen LogP contribution in [0.4, 0.5) is 0 Å². The minimum absolute atomic E-state index is 0.0117. The van der Waals surface area contributed by atoms with Crippen LogP contribution in [0.2, 0.25) is 0 Å². The Hall–Kier alpha value is -3.09. The molecule has 250 valence electrons. The first kappa shape index (κ1) is 32.8. The molecule has 0 saturated heterocycles. The summed E-state index contributed by atoms with van der Waals surface area (Å²) in [6.45, 7) is 13.7. The predicted molar refractivity (Wildman–Crippen MR) is 176 cm³/mol. The van der Waals surface area contributed by atoms with Gasteiger partial charge in [0.25, 0.3) is 0 Å². The average Bonchev–Trinajstić information content (AvgIpc) is 2.98. The van der Waals surface area contributed by atoms with Crippen LogP contribution in [0, 0.1) is 50.2 Å². The van der Waals surface area contributed by atoms with Gasteiger partial charge in [0.15, 0.2) is 11.5 Å². The summed E-state index contributed by atoms with van der Waals surface area (Å²) in [5.74, 6) is -0.896. The first-order chi connectivity index (χ1) is 21.4. The minimum atomic E-state index is -0.806. The van der Waals surface area contributed by atoms with Gasteiger partial charge in [0, 0.05) is 23.3 Å². The molecule has 5 aliphatic carbocycles. The first-order valence-corrected chi connectivity index (χ1v) is 17.3. The number of ether oxygens (including phenoxy) is 1. The Kier molecular flexibility index (Phi) is 7.65. The van der Waals surface area contributed by atoms with E-state index >= 15 is 0 Å². The predicted octanol–water partition coefficient (Wildman–Crippen LogP) is 8.09. The van der Waals surface area contributed by atoms with Gasteiger partial charge in [-0.25, -0.2) is 4.79 Å². The Morgan fingerprint density at radius 1 is 0.935 bits per heavy atom. The average molecular weight is 633 g/mol. The van der Waals surface area contributed by atoms with E-state index in [1.165, 1.54) is 23.8 Å². The van der Waals surface area contributed by atoms with Crippen LogP contribution in [0.3, 0.4) is 0 Å². The zero-order valence-electron chi connectivity index (χ0n) is 28.4. The normalized spacial score (nSPS) is 39.3. The fraction of sp³-hybridized carbons (Fsp3) is 0.667. The van der Waals surface area contributed by atoms with E-state index in [1.54, 1.807) is 12.1 Å². The molecule has 7 heteroatoms. The van der Waals surface area contributed by atoms with E-state index in [9.17, 15) is 29.7 Å². The third-order valence-corrected chi connectivity index (χ3v) is 14.4. The van der Waals surface area contributed by atoms with Gasteiger partial charge in [-0.05, 0) is 116 Å². The molecular weight excluding hydrogens is 580 g/mol. The topological polar surface area (TPSA) is 121 Å². The van der Waals surface area contributed by atoms with Gasteiger partial charge in [-0.1, -0.05) is 59.3 Å². The maximum Gasteiger partial charge on any atom is 0.330 e. The van der Waals surface area contributed by atoms with E-state index in [1.807, 2.05) is 0 Å². The van der Waals surface area contributed by atoms with Crippen LogP contribution in [0.15, 0.2) is 35.9 Å². The van der Waals surface area contributed by atoms with Crippen molar-refractivity contribution in [1.82, 2.24) is 0 Å². The van der Waals surface area contributed by atoms with Gasteiger partial charge in [-0.3, -0.25) is 9.59 Å². The Morgan fingerprint density at radius 3 is 2.35 bits per heavy atom. The molecule has 0 aliphatic heterocycles. The largest absolute Gasteiger partial charge is 0.504 e. The van der Waals surface area contributed by atoms with E-state index in [-0.39, 0.29) is 57.5 Å². The van der Waals surface area contributed by atoms with E-state index in [0.717, 1.165) is 38.5 Å². The second-order valence-corrected chi connectivity index (χ2v) is 17.3. The molecule has 4 fully saturated rings. The summed E-state index contributed by atoms with van der Waals surface area (Å²) in [7, 11) is 0. The Balaban J connectivity index is 1.41. The highest BCUT2D eigenvalue weighted by Crippen LogP contribution is 2.75. The third kappa shape index (κ3) is 4.69. The second-order valence-electron chi connectivity index (χ2n) is 17.3. The molecule has 7 nitrogen and oxygen atoms in total. The molecule has 0 radical (unpaired) electrons. The van der Waals surface area contributed by atoms with Crippen molar-refractivity contribution in [1.29, 1.82) is 0 Å². The maximum absolute atomic E-state index is 13.3. The molecule has 0 heterocycles. The highest BCUT2D eigenvalue weighted by atomic mass is 16.5. The van der Waals surface area contributed by atoms with E-state index in [0.29, 0.717) is 37.0 Å². The molecule has 7 atom stereocenters. The fourth-order valence-electron chi connectivity index (χ4n) is 11.6. The minimum Gasteiger partial charge on any atom is -0.504 e. The summed E-state index contributed by atoms with van der Waals surface area (Å²) in [6.07, 6.45) is 13.0. The summed E-state index contributed by atoms with van der Waals surface area (Å²) in [5, 5.41) is 30.3. The van der Waals surface area contributed by atoms with Crippen LogP contribution in [0.25, 0.3) is 6.08 Å². The van der Waals surface area contributed by atoms with Crippen molar-refractivity contribution < 1.29 is 34.4 Å². The number of rotatable bonds is 5. The number of phenolic OH excluding ortho intramolecular Hbond substituents is 2. The van der Waals surface area contributed by atoms with Crippen molar-refractivity contribution >= 4 is 23.8 Å². The van der Waals surface area contributed by atoms with E-state index < -0.39 is 22.8 Å². The number of allylic oxidation sites excluding steroid dienone is 1. The summed E-state index contributed by atoms with van der Waals surface area (Å²) in [4.78, 5) is 39.7. The maximum atomic E-state index is 13.3. The van der Waals surface area contributed by atoms with Gasteiger partial charge in [0.2, 0.25) is 0 Å². The molecule has 0 bridgehead atoms. The number of carboxylic acid groups (broad SMARTS) is 1. The van der Waals surface area contributed by atoms with Crippen LogP contribution < -0.4 is 0 Å². The SMILES string of the molecule is CC1(C)CC[C@]2(C(=O)O)CC[C@]3(COC(=O)/C=C/c4ccc(O)c(O)c4)C(=CCC4C5(C)CCC(=O)C(C)(C)[C@@H]5CCC43C)[C@@H]2C1. The Bertz CT molecular complexity index is 1520. The molecule has 0 amide bonds. The molecule has 1 aromatic carbocycles. The number of carbonyl (C=O) groups excluding carboxylic acids is 2. The number of hydrogen-bond acceptors (Lipinski definition) is 6. The van der Waals surface area contributed by atoms with Gasteiger partial charge in [0.1, 0.15) is 12.4 Å². The number of carbonyl (C=O) groups is 3. The Labute approximate surface area is 273 Å². The number of fused-ring (bicyclic) bond motifs is 7. The van der Waals surface area contributed by atoms with Gasteiger partial charge in [-0.2, -0.15) is 0 Å². The monoisotopic (exact) mass is 632 g/mol. The summed E-state index contributed by atoms with van der Waals surface area (Å²) >= 11 is 0. The van der Waals surface area contributed by atoms with Crippen molar-refractivity contribution in [3.8, 4) is 11.5 Å². The number of esters is 1. The number of aromatic hydroxyl groups is 2. The Morgan fingerprint density at radius 2 is 1.65 bits per heavy atom. The van der Waals surface area contributed by atoms with Crippen LogP contribution in [-0.4, -0.2) is 39.6 Å². The molecule has 6 rings (SSSR count). The van der Waals surface area contributed by atoms with Gasteiger partial charge in [0.05, 0.1) is 5.41 Å². The lowest BCUT2D eigenvalue weighted by Crippen LogP contribution is -2.66. The van der Waals surface area contributed by atoms with Crippen molar-refractivity contribution in [2.75, 3.05) is 6.61 Å². The van der Waals surface area contributed by atoms with Crippen LogP contribution >= 0.6 is 0 Å². The number of hydrogen-bond donors (Lipinski definition) is 3. The summed E-state index contributed by atoms with van der Waals surface area (Å²) in [5.41, 5.74) is -0.228. The second kappa shape index (κ2) is 10.7. The van der Waals surface area contributed by atoms with E-state index in [4.69, 9.17) is 4.74 Å². The summed E-state index contributed by atoms with van der Waals surface area (Å²) < 4.78 is 6.20. The third-order valence-electron chi connectivity index (χ3n) is 14.4. The highest BCUT2D eigenvalue weighted by Gasteiger charge is 2.71. The van der Waals surface area contributed by atoms with Gasteiger partial charge >= 0.3 is 11.9 Å². The van der Waals surface area contributed by atoms with Crippen molar-refractivity contribution in [2.45, 2.75) is 106 Å². The lowest BCUT2D eigenvalue weighted by Gasteiger charge is -2.70. The molecule has 46 heavy (non-hydrogen) atoms. The zero-order valence-corrected chi connectivity index (χ0v) is 28.4. The first-order valence-electron chi connectivity index (χ1n) is 17.3. The smallest absolute Gasteiger partial charge is 0.330 e. The number of aliphatic carboxylic acids is 1. The molecule has 0 spiro atoms. The molecule has 1 aromatic rings. The molecule has 3 unspecified atom stereocenters. The lowest BCUT2D eigenvalue weighted by molar-refractivity contribution is -0.202. The van der Waals surface area contributed by atoms with Crippen LogP contribution in [0.5, 0.6) is 11.5 Å². The van der Waals surface area contributed by atoms with Crippen molar-refractivity contribution in [3.05, 3.63) is 41.5 Å². The zero-order chi connectivity index (χ0) is 33.5. The highest BCUT2D eigenvalue weighted by molar-refractivity contribution is 5.87. The van der Waals surface area contributed by atoms with Gasteiger partial charge < -0.3 is 20.1 Å².